The summed E-state index contributed by atoms with van der Waals surface area (Å²) >= 11 is 1.97. The number of fused-ring (bicyclic) bond motifs is 1. The number of carboxylic acid groups (broad SMARTS) is 2. The van der Waals surface area contributed by atoms with Crippen molar-refractivity contribution in [3.8, 4) is 0 Å². The van der Waals surface area contributed by atoms with Gasteiger partial charge >= 0.3 is 11.9 Å². The highest BCUT2D eigenvalue weighted by molar-refractivity contribution is 8.00. The van der Waals surface area contributed by atoms with Crippen LogP contribution in [-0.4, -0.2) is 117 Å². The molecule has 2 aliphatic rings. The fourth-order valence-electron chi connectivity index (χ4n) is 4.65. The molecule has 0 saturated carbocycles. The number of oxime groups is 1. The first-order valence-electron chi connectivity index (χ1n) is 15.2. The lowest BCUT2D eigenvalue weighted by Gasteiger charge is -2.49. The number of nitrogens with two attached hydrogens (primary N) is 4. The van der Waals surface area contributed by atoms with E-state index in [1.807, 2.05) is 0 Å². The maximum Gasteiger partial charge on any atom is 0.352 e. The number of hydrogen-bond acceptors (Lipinski definition) is 18. The largest absolute Gasteiger partial charge is 0.726 e. The van der Waals surface area contributed by atoms with E-state index in [-0.39, 0.29) is 40.5 Å². The summed E-state index contributed by atoms with van der Waals surface area (Å²) in [6.45, 7) is 2.92. The molecule has 292 valence electrons. The molecule has 3 amide bonds. The lowest BCUT2D eigenvalue weighted by Crippen LogP contribution is -2.71. The number of carboxylic acids is 2. The number of nitrogens with one attached hydrogen (secondary N) is 2. The first kappa shape index (κ1) is 42.5. The molecule has 0 spiro atoms. The van der Waals surface area contributed by atoms with Gasteiger partial charge in [-0.3, -0.25) is 23.8 Å². The van der Waals surface area contributed by atoms with E-state index in [9.17, 15) is 34.2 Å². The number of thioether (sulfide) groups is 1. The SMILES string of the molecule is Cn1c(N)c(NC(=O)[C@@H](N)CCCCN)c[n+]1CC1=C(C(=O)O)N2C(=O)[C@@H](NC(=O)/C(=N\OC(C)(C)C(=O)O)c3nsc(N)n3)[C@H]2SC1.O=S(=O)([O-])O. The maximum absolute atomic E-state index is 13.3. The Balaban J connectivity index is 0.00000141. The van der Waals surface area contributed by atoms with Crippen molar-refractivity contribution in [3.05, 3.63) is 23.3 Å². The summed E-state index contributed by atoms with van der Waals surface area (Å²) in [6, 6.07) is -1.94. The molecule has 2 aromatic heterocycles. The predicted molar refractivity (Wildman–Crippen MR) is 185 cm³/mol. The molecule has 0 aliphatic carbocycles. The Morgan fingerprint density at radius 3 is 2.43 bits per heavy atom. The number of anilines is 3. The lowest BCUT2D eigenvalue weighted by atomic mass is 10.0. The summed E-state index contributed by atoms with van der Waals surface area (Å²) in [6.07, 6.45) is 3.40. The zero-order valence-corrected chi connectivity index (χ0v) is 30.7. The number of β-lactam (4-membered cyclic amide) rings is 1. The highest BCUT2D eigenvalue weighted by Gasteiger charge is 2.55. The van der Waals surface area contributed by atoms with Crippen molar-refractivity contribution in [3.63, 3.8) is 0 Å². The molecule has 4 heterocycles. The van der Waals surface area contributed by atoms with Crippen molar-refractivity contribution < 1.29 is 61.2 Å². The highest BCUT2D eigenvalue weighted by atomic mass is 32.3. The predicted octanol–water partition coefficient (Wildman–Crippen LogP) is -3.25. The van der Waals surface area contributed by atoms with Crippen LogP contribution in [0.5, 0.6) is 0 Å². The topological polar surface area (TPSA) is 391 Å². The van der Waals surface area contributed by atoms with Crippen LogP contribution in [0.4, 0.5) is 16.6 Å². The Morgan fingerprint density at radius 1 is 1.25 bits per heavy atom. The van der Waals surface area contributed by atoms with Crippen molar-refractivity contribution >= 4 is 85.7 Å². The van der Waals surface area contributed by atoms with Crippen LogP contribution in [0.3, 0.4) is 0 Å². The smallest absolute Gasteiger partial charge is 0.352 e. The molecule has 2 aliphatic heterocycles. The van der Waals surface area contributed by atoms with Gasteiger partial charge in [-0.05, 0) is 33.2 Å². The van der Waals surface area contributed by atoms with Gasteiger partial charge in [-0.15, -0.1) is 21.1 Å². The number of carbonyl (C=O) groups is 5. The minimum Gasteiger partial charge on any atom is -0.726 e. The summed E-state index contributed by atoms with van der Waals surface area (Å²) in [4.78, 5) is 73.2. The second-order valence-corrected chi connectivity index (χ2v) is 14.5. The van der Waals surface area contributed by atoms with E-state index in [0.29, 0.717) is 25.0 Å². The number of carbonyl (C=O) groups excluding carboxylic acids is 3. The quantitative estimate of drug-likeness (QED) is 0.0162. The molecule has 0 aromatic carbocycles. The molecular formula is C26H38N12O12S3. The standard InChI is InChI=1S/C26H36N12O8S2.H2O4S/c1-26(2,24(44)45)46-34-14(18-33-25(30)48-35-18)20(40)32-15-21(41)38-16(23(42)43)11(10-47-22(15)38)8-37-9-13(17(29)36(37)3)31-19(39)12(28)6-4-5-7-27;1-5(2,3)4/h9,12,15,22,29H,4-8,10,27-28H2,1-3H3,(H6,30,31,32,33,35,39,40,42,43,44,45);(H2,1,2,3,4)/b34-14-;/t12-,15+,22+;/m0./s1. The van der Waals surface area contributed by atoms with Gasteiger partial charge in [-0.25, -0.2) is 18.0 Å². The highest BCUT2D eigenvalue weighted by Crippen LogP contribution is 2.40. The molecule has 27 heteroatoms. The number of rotatable bonds is 15. The first-order valence-corrected chi connectivity index (χ1v) is 18.4. The normalized spacial score (nSPS) is 17.9. The average molecular weight is 807 g/mol. The molecule has 0 unspecified atom stereocenters. The van der Waals surface area contributed by atoms with Gasteiger partial charge in [-0.1, -0.05) is 11.6 Å². The minimum absolute atomic E-state index is 0.00487. The average Bonchev–Trinajstić information content (AvgIpc) is 3.60. The Hall–Kier alpha value is -4.93. The number of aliphatic carboxylic acids is 2. The fourth-order valence-corrected chi connectivity index (χ4v) is 6.42. The van der Waals surface area contributed by atoms with E-state index >= 15 is 0 Å². The molecular weight excluding hydrogens is 769 g/mol. The van der Waals surface area contributed by atoms with Crippen molar-refractivity contribution in [2.24, 2.45) is 23.7 Å². The van der Waals surface area contributed by atoms with Crippen LogP contribution in [0.25, 0.3) is 0 Å². The van der Waals surface area contributed by atoms with Crippen LogP contribution >= 0.6 is 23.3 Å². The molecule has 3 atom stereocenters. The van der Waals surface area contributed by atoms with Gasteiger partial charge in [0.15, 0.2) is 23.2 Å². The maximum atomic E-state index is 13.3. The van der Waals surface area contributed by atoms with Crippen molar-refractivity contribution in [2.45, 2.75) is 62.7 Å². The lowest BCUT2D eigenvalue weighted by molar-refractivity contribution is -0.765. The van der Waals surface area contributed by atoms with Crippen LogP contribution in [0.15, 0.2) is 22.6 Å². The summed E-state index contributed by atoms with van der Waals surface area (Å²) in [5.74, 6) is -4.73. The van der Waals surface area contributed by atoms with Crippen LogP contribution < -0.4 is 38.3 Å². The summed E-state index contributed by atoms with van der Waals surface area (Å²) in [5, 5.41) is 27.6. The first-order chi connectivity index (χ1) is 24.6. The van der Waals surface area contributed by atoms with Crippen molar-refractivity contribution in [2.75, 3.05) is 29.1 Å². The molecule has 53 heavy (non-hydrogen) atoms. The molecule has 1 fully saturated rings. The number of amides is 3. The molecule has 2 aromatic rings. The van der Waals surface area contributed by atoms with Crippen molar-refractivity contribution in [1.82, 2.24) is 24.3 Å². The number of aromatic nitrogens is 4. The zero-order chi connectivity index (χ0) is 40.0. The van der Waals surface area contributed by atoms with E-state index in [2.05, 4.69) is 25.1 Å². The van der Waals surface area contributed by atoms with Crippen LogP contribution in [0.2, 0.25) is 0 Å². The van der Waals surface area contributed by atoms with E-state index in [0.717, 1.165) is 22.9 Å². The summed E-state index contributed by atoms with van der Waals surface area (Å²) in [5.41, 5.74) is 21.4. The number of hydrogen-bond donors (Lipinski definition) is 9. The third kappa shape index (κ3) is 10.8. The van der Waals surface area contributed by atoms with Crippen LogP contribution in [-0.2, 0) is 52.8 Å². The second kappa shape index (κ2) is 17.3. The number of unbranched alkanes of at least 4 members (excludes halogenated alkanes) is 1. The third-order valence-corrected chi connectivity index (χ3v) is 9.37. The van der Waals surface area contributed by atoms with Crippen LogP contribution in [0, 0.1) is 0 Å². The Labute approximate surface area is 309 Å². The van der Waals surface area contributed by atoms with Gasteiger partial charge in [0.05, 0.1) is 13.1 Å². The van der Waals surface area contributed by atoms with Gasteiger partial charge in [0, 0.05) is 22.9 Å². The van der Waals surface area contributed by atoms with E-state index in [4.69, 9.17) is 45.3 Å². The molecule has 4 rings (SSSR count). The fraction of sp³-hybridized carbons (Fsp3) is 0.500. The Morgan fingerprint density at radius 2 is 1.89 bits per heavy atom. The van der Waals surface area contributed by atoms with Crippen LogP contribution in [0.1, 0.15) is 38.9 Å². The van der Waals surface area contributed by atoms with E-state index < -0.39 is 68.8 Å². The van der Waals surface area contributed by atoms with Gasteiger partial charge in [0.25, 0.3) is 11.8 Å². The Kier molecular flexibility index (Phi) is 13.8. The van der Waals surface area contributed by atoms with Gasteiger partial charge in [0.2, 0.25) is 39.6 Å². The number of nitrogens with zero attached hydrogens (tertiary/aromatic N) is 6. The Bertz CT molecular complexity index is 1920. The molecule has 1 saturated heterocycles. The van der Waals surface area contributed by atoms with E-state index in [1.54, 1.807) is 11.7 Å². The molecule has 0 radical (unpaired) electrons. The van der Waals surface area contributed by atoms with Gasteiger partial charge < -0.3 is 53.2 Å². The molecule has 13 N–H and O–H groups in total. The van der Waals surface area contributed by atoms with Gasteiger partial charge in [-0.2, -0.15) is 9.36 Å². The molecule has 0 bridgehead atoms. The van der Waals surface area contributed by atoms with Gasteiger partial charge in [0.1, 0.15) is 17.1 Å². The minimum atomic E-state index is -4.92. The van der Waals surface area contributed by atoms with E-state index in [1.165, 1.54) is 36.5 Å². The molecule has 24 nitrogen and oxygen atoms in total. The third-order valence-electron chi connectivity index (χ3n) is 7.49. The number of nitrogen functional groups attached to an aromatic ring is 2. The summed E-state index contributed by atoms with van der Waals surface area (Å²) < 4.78 is 39.9. The summed E-state index contributed by atoms with van der Waals surface area (Å²) in [7, 11) is -3.29. The second-order valence-electron chi connectivity index (χ2n) is 11.8. The monoisotopic (exact) mass is 806 g/mol. The van der Waals surface area contributed by atoms with Crippen molar-refractivity contribution in [1.29, 1.82) is 0 Å². The zero-order valence-electron chi connectivity index (χ0n) is 28.3.